The Kier molecular flexibility index (Phi) is 2.87. The average molecular weight is 290 g/mol. The number of benzene rings is 1. The third-order valence-corrected chi connectivity index (χ3v) is 3.94. The Morgan fingerprint density at radius 3 is 2.60 bits per heavy atom. The van der Waals surface area contributed by atoms with Gasteiger partial charge in [-0.15, -0.1) is 0 Å². The van der Waals surface area contributed by atoms with Gasteiger partial charge in [0.1, 0.15) is 5.15 Å². The van der Waals surface area contributed by atoms with Crippen molar-refractivity contribution in [1.82, 2.24) is 9.78 Å². The standard InChI is InChI=1S/C14H12ClN3O2/c1-8-10(13(15)17(2)16-8)7-18-11-6-4-3-5-9(11)12(19)14(18)20/h3-6H,7H2,1-2H3. The van der Waals surface area contributed by atoms with Gasteiger partial charge >= 0.3 is 0 Å². The van der Waals surface area contributed by atoms with Crippen molar-refractivity contribution in [1.29, 1.82) is 0 Å². The van der Waals surface area contributed by atoms with Crippen LogP contribution in [-0.2, 0) is 18.4 Å². The zero-order valence-electron chi connectivity index (χ0n) is 11.1. The van der Waals surface area contributed by atoms with E-state index in [9.17, 15) is 9.59 Å². The molecule has 20 heavy (non-hydrogen) atoms. The van der Waals surface area contributed by atoms with E-state index in [1.54, 1.807) is 36.0 Å². The molecular weight excluding hydrogens is 278 g/mol. The molecule has 1 amide bonds. The molecule has 1 aliphatic rings. The largest absolute Gasteiger partial charge is 0.300 e. The van der Waals surface area contributed by atoms with Crippen LogP contribution in [-0.4, -0.2) is 21.5 Å². The summed E-state index contributed by atoms with van der Waals surface area (Å²) in [5.41, 5.74) is 2.58. The maximum absolute atomic E-state index is 12.1. The minimum atomic E-state index is -0.523. The van der Waals surface area contributed by atoms with Crippen LogP contribution in [0.4, 0.5) is 5.69 Å². The summed E-state index contributed by atoms with van der Waals surface area (Å²) in [7, 11) is 1.74. The molecule has 102 valence electrons. The number of carbonyl (C=O) groups is 2. The van der Waals surface area contributed by atoms with Crippen molar-refractivity contribution in [3.05, 3.63) is 46.2 Å². The SMILES string of the molecule is Cc1nn(C)c(Cl)c1CN1C(=O)C(=O)c2ccccc21. The fourth-order valence-corrected chi connectivity index (χ4v) is 2.65. The molecule has 2 heterocycles. The fourth-order valence-electron chi connectivity index (χ4n) is 2.42. The molecule has 0 unspecified atom stereocenters. The van der Waals surface area contributed by atoms with Gasteiger partial charge in [-0.05, 0) is 19.1 Å². The first-order valence-electron chi connectivity index (χ1n) is 6.14. The molecule has 0 spiro atoms. The Hall–Kier alpha value is -2.14. The summed E-state index contributed by atoms with van der Waals surface area (Å²) in [6.07, 6.45) is 0. The van der Waals surface area contributed by atoms with Crippen molar-refractivity contribution in [2.24, 2.45) is 7.05 Å². The lowest BCUT2D eigenvalue weighted by molar-refractivity contribution is -0.114. The summed E-state index contributed by atoms with van der Waals surface area (Å²) in [4.78, 5) is 25.5. The summed E-state index contributed by atoms with van der Waals surface area (Å²) in [5.74, 6) is -0.996. The Bertz CT molecular complexity index is 736. The average Bonchev–Trinajstić information content (AvgIpc) is 2.82. The van der Waals surface area contributed by atoms with Gasteiger partial charge in [-0.2, -0.15) is 5.10 Å². The van der Waals surface area contributed by atoms with Crippen molar-refractivity contribution in [2.45, 2.75) is 13.5 Å². The minimum absolute atomic E-state index is 0.250. The van der Waals surface area contributed by atoms with Gasteiger partial charge in [-0.3, -0.25) is 14.3 Å². The summed E-state index contributed by atoms with van der Waals surface area (Å²) in [6.45, 7) is 2.08. The molecule has 1 aromatic carbocycles. The van der Waals surface area contributed by atoms with E-state index in [0.717, 1.165) is 11.3 Å². The highest BCUT2D eigenvalue weighted by Gasteiger charge is 2.36. The number of rotatable bonds is 2. The van der Waals surface area contributed by atoms with E-state index < -0.39 is 11.7 Å². The Balaban J connectivity index is 2.04. The molecule has 5 nitrogen and oxygen atoms in total. The highest BCUT2D eigenvalue weighted by atomic mass is 35.5. The molecule has 0 saturated carbocycles. The maximum atomic E-state index is 12.1. The van der Waals surface area contributed by atoms with Gasteiger partial charge in [0.25, 0.3) is 11.7 Å². The molecule has 1 aliphatic heterocycles. The third kappa shape index (κ3) is 1.74. The first-order chi connectivity index (χ1) is 9.50. The van der Waals surface area contributed by atoms with Gasteiger partial charge < -0.3 is 4.90 Å². The highest BCUT2D eigenvalue weighted by molar-refractivity contribution is 6.52. The Morgan fingerprint density at radius 1 is 1.25 bits per heavy atom. The number of carbonyl (C=O) groups excluding carboxylic acids is 2. The van der Waals surface area contributed by atoms with E-state index in [1.807, 2.05) is 6.92 Å². The van der Waals surface area contributed by atoms with E-state index in [-0.39, 0.29) is 6.54 Å². The van der Waals surface area contributed by atoms with Gasteiger partial charge in [-0.25, -0.2) is 0 Å². The van der Waals surface area contributed by atoms with Gasteiger partial charge in [0, 0.05) is 12.6 Å². The monoisotopic (exact) mass is 289 g/mol. The third-order valence-electron chi connectivity index (χ3n) is 3.46. The second kappa shape index (κ2) is 4.45. The number of hydrogen-bond donors (Lipinski definition) is 0. The number of anilines is 1. The van der Waals surface area contributed by atoms with Crippen molar-refractivity contribution in [3.8, 4) is 0 Å². The van der Waals surface area contributed by atoms with Gasteiger partial charge in [0.2, 0.25) is 0 Å². The van der Waals surface area contributed by atoms with Crippen molar-refractivity contribution < 1.29 is 9.59 Å². The molecule has 6 heteroatoms. The van der Waals surface area contributed by atoms with Gasteiger partial charge in [0.05, 0.1) is 23.5 Å². The van der Waals surface area contributed by atoms with Crippen LogP contribution in [0.2, 0.25) is 5.15 Å². The molecular formula is C14H12ClN3O2. The number of nitrogens with zero attached hydrogens (tertiary/aromatic N) is 3. The minimum Gasteiger partial charge on any atom is -0.300 e. The van der Waals surface area contributed by atoms with E-state index in [0.29, 0.717) is 16.4 Å². The number of Topliss-reactive ketones (excluding diaryl/α,β-unsaturated/α-hetero) is 1. The molecule has 0 fully saturated rings. The number of fused-ring (bicyclic) bond motifs is 1. The highest BCUT2D eigenvalue weighted by Crippen LogP contribution is 2.31. The fraction of sp³-hybridized carbons (Fsp3) is 0.214. The molecule has 0 radical (unpaired) electrons. The molecule has 3 rings (SSSR count). The molecule has 1 aromatic heterocycles. The number of ketones is 1. The number of halogens is 1. The number of aryl methyl sites for hydroxylation is 2. The van der Waals surface area contributed by atoms with Crippen LogP contribution in [0, 0.1) is 6.92 Å². The van der Waals surface area contributed by atoms with E-state index in [2.05, 4.69) is 5.10 Å². The number of hydrogen-bond acceptors (Lipinski definition) is 3. The quantitative estimate of drug-likeness (QED) is 0.796. The lowest BCUT2D eigenvalue weighted by Crippen LogP contribution is -2.29. The van der Waals surface area contributed by atoms with Crippen LogP contribution in [0.5, 0.6) is 0 Å². The van der Waals surface area contributed by atoms with Crippen molar-refractivity contribution in [2.75, 3.05) is 4.90 Å². The molecule has 0 N–H and O–H groups in total. The number of aromatic nitrogens is 2. The first kappa shape index (κ1) is 12.9. The van der Waals surface area contributed by atoms with E-state index in [1.165, 1.54) is 4.90 Å². The first-order valence-corrected chi connectivity index (χ1v) is 6.51. The maximum Gasteiger partial charge on any atom is 0.299 e. The van der Waals surface area contributed by atoms with Gasteiger partial charge in [0.15, 0.2) is 0 Å². The number of para-hydroxylation sites is 1. The lowest BCUT2D eigenvalue weighted by atomic mass is 10.1. The van der Waals surface area contributed by atoms with Crippen LogP contribution in [0.25, 0.3) is 0 Å². The molecule has 2 aromatic rings. The van der Waals surface area contributed by atoms with Gasteiger partial charge in [-0.1, -0.05) is 23.7 Å². The lowest BCUT2D eigenvalue weighted by Gasteiger charge is -2.16. The van der Waals surface area contributed by atoms with Crippen LogP contribution >= 0.6 is 11.6 Å². The van der Waals surface area contributed by atoms with Crippen LogP contribution in [0.15, 0.2) is 24.3 Å². The Labute approximate surface area is 120 Å². The summed E-state index contributed by atoms with van der Waals surface area (Å²) in [5, 5.41) is 4.69. The van der Waals surface area contributed by atoms with Crippen LogP contribution < -0.4 is 4.90 Å². The second-order valence-electron chi connectivity index (χ2n) is 4.72. The zero-order chi connectivity index (χ0) is 14.4. The molecule has 0 saturated heterocycles. The number of amides is 1. The normalized spacial score (nSPS) is 14.1. The van der Waals surface area contributed by atoms with Crippen LogP contribution in [0.1, 0.15) is 21.6 Å². The zero-order valence-corrected chi connectivity index (χ0v) is 11.8. The van der Waals surface area contributed by atoms with Crippen LogP contribution in [0.3, 0.4) is 0 Å². The smallest absolute Gasteiger partial charge is 0.299 e. The molecule has 0 bridgehead atoms. The van der Waals surface area contributed by atoms with Crippen molar-refractivity contribution in [3.63, 3.8) is 0 Å². The topological polar surface area (TPSA) is 55.2 Å². The second-order valence-corrected chi connectivity index (χ2v) is 5.07. The van der Waals surface area contributed by atoms with E-state index >= 15 is 0 Å². The summed E-state index contributed by atoms with van der Waals surface area (Å²) < 4.78 is 1.56. The molecule has 0 aliphatic carbocycles. The molecule has 0 atom stereocenters. The predicted octanol–water partition coefficient (Wildman–Crippen LogP) is 2.11. The summed E-state index contributed by atoms with van der Waals surface area (Å²) in [6, 6.07) is 6.97. The van der Waals surface area contributed by atoms with Crippen molar-refractivity contribution >= 4 is 29.0 Å². The predicted molar refractivity (Wildman–Crippen MR) is 74.9 cm³/mol. The summed E-state index contributed by atoms with van der Waals surface area (Å²) >= 11 is 6.18. The Morgan fingerprint density at radius 2 is 1.95 bits per heavy atom. The van der Waals surface area contributed by atoms with E-state index in [4.69, 9.17) is 11.6 Å².